The van der Waals surface area contributed by atoms with E-state index >= 15 is 0 Å². The van der Waals surface area contributed by atoms with Gasteiger partial charge >= 0.3 is 0 Å². The SMILES string of the molecule is O=S(=O)(N[C@H](c1ccc(Cl)cc1)c1nnc(-c2ccccc2)o1)c1ccc2c(c1)CCCC2. The van der Waals surface area contributed by atoms with Crippen LogP contribution in [0.25, 0.3) is 11.5 Å². The van der Waals surface area contributed by atoms with Gasteiger partial charge in [0, 0.05) is 10.6 Å². The number of fused-ring (bicyclic) bond motifs is 1. The number of hydrogen-bond donors (Lipinski definition) is 1. The Morgan fingerprint density at radius 3 is 2.36 bits per heavy atom. The number of hydrogen-bond acceptors (Lipinski definition) is 5. The molecule has 0 saturated heterocycles. The highest BCUT2D eigenvalue weighted by Gasteiger charge is 2.28. The van der Waals surface area contributed by atoms with E-state index in [1.807, 2.05) is 36.4 Å². The molecule has 0 aliphatic heterocycles. The minimum Gasteiger partial charge on any atom is -0.419 e. The van der Waals surface area contributed by atoms with Gasteiger partial charge in [-0.3, -0.25) is 0 Å². The standard InChI is InChI=1S/C25H22ClN3O3S/c26-21-13-10-18(11-14-21)23(25-28-27-24(32-25)19-7-2-1-3-8-19)29-33(30,31)22-15-12-17-6-4-5-9-20(17)16-22/h1-3,7-8,10-16,23,29H,4-6,9H2/t23-/m1/s1. The van der Waals surface area contributed by atoms with Gasteiger partial charge in [-0.2, -0.15) is 4.72 Å². The van der Waals surface area contributed by atoms with Crippen LogP contribution in [0.5, 0.6) is 0 Å². The minimum atomic E-state index is -3.87. The van der Waals surface area contributed by atoms with Gasteiger partial charge in [-0.25, -0.2) is 8.42 Å². The van der Waals surface area contributed by atoms with Crippen molar-refractivity contribution in [2.45, 2.75) is 36.6 Å². The second kappa shape index (κ2) is 9.09. The number of nitrogens with zero attached hydrogens (tertiary/aromatic N) is 2. The van der Waals surface area contributed by atoms with E-state index in [4.69, 9.17) is 16.0 Å². The third kappa shape index (κ3) is 4.71. The number of nitrogens with one attached hydrogen (secondary N) is 1. The van der Waals surface area contributed by atoms with Crippen LogP contribution in [0.3, 0.4) is 0 Å². The van der Waals surface area contributed by atoms with Crippen molar-refractivity contribution in [1.82, 2.24) is 14.9 Å². The van der Waals surface area contributed by atoms with Crippen LogP contribution in [-0.4, -0.2) is 18.6 Å². The van der Waals surface area contributed by atoms with Crippen LogP contribution in [-0.2, 0) is 22.9 Å². The molecule has 168 valence electrons. The summed E-state index contributed by atoms with van der Waals surface area (Å²) in [6.07, 6.45) is 4.09. The summed E-state index contributed by atoms with van der Waals surface area (Å²) in [6.45, 7) is 0. The van der Waals surface area contributed by atoms with E-state index < -0.39 is 16.1 Å². The first-order valence-corrected chi connectivity index (χ1v) is 12.6. The first kappa shape index (κ1) is 21.8. The van der Waals surface area contributed by atoms with Crippen molar-refractivity contribution < 1.29 is 12.8 Å². The van der Waals surface area contributed by atoms with Gasteiger partial charge in [-0.15, -0.1) is 10.2 Å². The molecule has 0 bridgehead atoms. The van der Waals surface area contributed by atoms with Crippen molar-refractivity contribution in [1.29, 1.82) is 0 Å². The molecule has 1 atom stereocenters. The lowest BCUT2D eigenvalue weighted by Crippen LogP contribution is -2.30. The molecule has 0 radical (unpaired) electrons. The van der Waals surface area contributed by atoms with Gasteiger partial charge in [0.2, 0.25) is 21.8 Å². The topological polar surface area (TPSA) is 85.1 Å². The molecule has 1 N–H and O–H groups in total. The van der Waals surface area contributed by atoms with E-state index in [2.05, 4.69) is 14.9 Å². The van der Waals surface area contributed by atoms with Crippen LogP contribution < -0.4 is 4.72 Å². The van der Waals surface area contributed by atoms with Crippen LogP contribution in [0.4, 0.5) is 0 Å². The van der Waals surface area contributed by atoms with Gasteiger partial charge < -0.3 is 4.42 Å². The molecule has 0 unspecified atom stereocenters. The normalized spacial score (nSPS) is 14.6. The monoisotopic (exact) mass is 479 g/mol. The van der Waals surface area contributed by atoms with Crippen LogP contribution in [0.2, 0.25) is 5.02 Å². The van der Waals surface area contributed by atoms with Crippen molar-refractivity contribution >= 4 is 21.6 Å². The zero-order chi connectivity index (χ0) is 22.8. The van der Waals surface area contributed by atoms with Crippen molar-refractivity contribution in [3.63, 3.8) is 0 Å². The summed E-state index contributed by atoms with van der Waals surface area (Å²) >= 11 is 6.05. The maximum atomic E-state index is 13.4. The zero-order valence-electron chi connectivity index (χ0n) is 17.7. The number of rotatable bonds is 6. The molecule has 6 nitrogen and oxygen atoms in total. The van der Waals surface area contributed by atoms with Crippen molar-refractivity contribution in [3.8, 4) is 11.5 Å². The molecular weight excluding hydrogens is 458 g/mol. The molecule has 1 heterocycles. The van der Waals surface area contributed by atoms with Gasteiger partial charge in [-0.05, 0) is 78.8 Å². The van der Waals surface area contributed by atoms with Gasteiger partial charge in [-0.1, -0.05) is 48.0 Å². The summed E-state index contributed by atoms with van der Waals surface area (Å²) in [5.74, 6) is 0.468. The lowest BCUT2D eigenvalue weighted by Gasteiger charge is -2.19. The molecule has 1 aromatic heterocycles. The molecular formula is C25H22ClN3O3S. The average Bonchev–Trinajstić information content (AvgIpc) is 3.34. The summed E-state index contributed by atoms with van der Waals surface area (Å²) in [5, 5.41) is 8.84. The first-order valence-electron chi connectivity index (χ1n) is 10.8. The van der Waals surface area contributed by atoms with Gasteiger partial charge in [0.25, 0.3) is 0 Å². The van der Waals surface area contributed by atoms with Gasteiger partial charge in [0.05, 0.1) is 4.90 Å². The highest BCUT2D eigenvalue weighted by Crippen LogP contribution is 2.29. The Morgan fingerprint density at radius 2 is 1.61 bits per heavy atom. The summed E-state index contributed by atoms with van der Waals surface area (Å²) in [6, 6.07) is 20.7. The summed E-state index contributed by atoms with van der Waals surface area (Å²) in [4.78, 5) is 0.227. The second-order valence-corrected chi connectivity index (χ2v) is 10.2. The molecule has 4 aromatic rings. The molecule has 0 saturated carbocycles. The quantitative estimate of drug-likeness (QED) is 0.403. The number of halogens is 1. The Morgan fingerprint density at radius 1 is 0.879 bits per heavy atom. The van der Waals surface area contributed by atoms with E-state index in [1.165, 1.54) is 5.56 Å². The Labute approximate surface area is 197 Å². The predicted molar refractivity (Wildman–Crippen MR) is 126 cm³/mol. The molecule has 33 heavy (non-hydrogen) atoms. The molecule has 0 fully saturated rings. The number of benzene rings is 3. The fourth-order valence-electron chi connectivity index (χ4n) is 4.07. The third-order valence-corrected chi connectivity index (χ3v) is 7.49. The smallest absolute Gasteiger partial charge is 0.247 e. The highest BCUT2D eigenvalue weighted by atomic mass is 35.5. The summed E-state index contributed by atoms with van der Waals surface area (Å²) < 4.78 is 35.5. The lowest BCUT2D eigenvalue weighted by molar-refractivity contribution is 0.464. The molecule has 0 spiro atoms. The highest BCUT2D eigenvalue weighted by molar-refractivity contribution is 7.89. The first-order chi connectivity index (χ1) is 16.0. The number of aryl methyl sites for hydroxylation is 2. The van der Waals surface area contributed by atoms with Crippen molar-refractivity contribution in [2.24, 2.45) is 0 Å². The molecule has 3 aromatic carbocycles. The second-order valence-electron chi connectivity index (χ2n) is 8.05. The Kier molecular flexibility index (Phi) is 6.01. The van der Waals surface area contributed by atoms with Crippen LogP contribution in [0.1, 0.15) is 41.5 Å². The van der Waals surface area contributed by atoms with E-state index in [-0.39, 0.29) is 10.8 Å². The Balaban J connectivity index is 1.51. The molecule has 1 aliphatic rings. The van der Waals surface area contributed by atoms with E-state index in [0.717, 1.165) is 36.8 Å². The van der Waals surface area contributed by atoms with E-state index in [1.54, 1.807) is 36.4 Å². The van der Waals surface area contributed by atoms with Crippen molar-refractivity contribution in [2.75, 3.05) is 0 Å². The number of sulfonamides is 1. The van der Waals surface area contributed by atoms with Gasteiger partial charge in [0.15, 0.2) is 0 Å². The van der Waals surface area contributed by atoms with Crippen molar-refractivity contribution in [3.05, 3.63) is 100 Å². The zero-order valence-corrected chi connectivity index (χ0v) is 19.3. The van der Waals surface area contributed by atoms with Gasteiger partial charge in [0.1, 0.15) is 6.04 Å². The average molecular weight is 480 g/mol. The van der Waals surface area contributed by atoms with E-state index in [9.17, 15) is 8.42 Å². The minimum absolute atomic E-state index is 0.151. The summed E-state index contributed by atoms with van der Waals surface area (Å²) in [7, 11) is -3.87. The Bertz CT molecular complexity index is 1370. The maximum absolute atomic E-state index is 13.4. The Hall–Kier alpha value is -3.00. The van der Waals surface area contributed by atoms with Crippen LogP contribution in [0, 0.1) is 0 Å². The van der Waals surface area contributed by atoms with Crippen LogP contribution >= 0.6 is 11.6 Å². The molecule has 0 amide bonds. The van der Waals surface area contributed by atoms with E-state index in [0.29, 0.717) is 16.5 Å². The number of aromatic nitrogens is 2. The fourth-order valence-corrected chi connectivity index (χ4v) is 5.42. The lowest BCUT2D eigenvalue weighted by atomic mass is 9.92. The van der Waals surface area contributed by atoms with Crippen LogP contribution in [0.15, 0.2) is 82.1 Å². The fraction of sp³-hybridized carbons (Fsp3) is 0.200. The summed E-state index contributed by atoms with van der Waals surface area (Å²) in [5.41, 5.74) is 3.71. The molecule has 5 rings (SSSR count). The predicted octanol–water partition coefficient (Wildman–Crippen LogP) is 5.34. The molecule has 8 heteroatoms. The maximum Gasteiger partial charge on any atom is 0.247 e. The third-order valence-electron chi connectivity index (χ3n) is 5.81. The largest absolute Gasteiger partial charge is 0.419 e. The molecule has 1 aliphatic carbocycles.